The summed E-state index contributed by atoms with van der Waals surface area (Å²) in [6, 6.07) is 5.37. The Hall–Kier alpha value is -3.11. The summed E-state index contributed by atoms with van der Waals surface area (Å²) in [5.74, 6) is 1.34. The number of hydrogen-bond acceptors (Lipinski definition) is 8. The maximum absolute atomic E-state index is 12.4. The van der Waals surface area contributed by atoms with Crippen molar-refractivity contribution in [3.63, 3.8) is 0 Å². The van der Waals surface area contributed by atoms with Gasteiger partial charge in [-0.05, 0) is 25.2 Å². The number of nitrogens with zero attached hydrogens (tertiary/aromatic N) is 7. The number of anilines is 1. The molecule has 1 atom stereocenters. The molecule has 4 heterocycles. The van der Waals surface area contributed by atoms with E-state index in [1.807, 2.05) is 16.5 Å². The van der Waals surface area contributed by atoms with Crippen LogP contribution in [0.3, 0.4) is 0 Å². The van der Waals surface area contributed by atoms with E-state index in [1.165, 1.54) is 0 Å². The number of hydrogen-bond donors (Lipinski definition) is 1. The molecule has 0 aliphatic carbocycles. The molecule has 0 saturated carbocycles. The average molecular weight is 396 g/mol. The quantitative estimate of drug-likeness (QED) is 0.597. The SMILES string of the molecule is COCCNC(=O)c1ccc2nnc(C3CN(c4ncccn4)CCN3C)n2c1. The molecule has 3 aromatic rings. The average Bonchev–Trinajstić information content (AvgIpc) is 3.18. The van der Waals surface area contributed by atoms with Crippen molar-refractivity contribution in [2.45, 2.75) is 6.04 Å². The Morgan fingerprint density at radius 2 is 2.07 bits per heavy atom. The topological polar surface area (TPSA) is 101 Å². The zero-order chi connectivity index (χ0) is 20.2. The third kappa shape index (κ3) is 4.03. The first-order valence-electron chi connectivity index (χ1n) is 9.51. The van der Waals surface area contributed by atoms with E-state index in [1.54, 1.807) is 31.8 Å². The summed E-state index contributed by atoms with van der Waals surface area (Å²) in [6.07, 6.45) is 5.28. The molecule has 0 radical (unpaired) electrons. The van der Waals surface area contributed by atoms with Crippen LogP contribution in [0.25, 0.3) is 5.65 Å². The third-order valence-electron chi connectivity index (χ3n) is 5.06. The summed E-state index contributed by atoms with van der Waals surface area (Å²) < 4.78 is 6.87. The first-order chi connectivity index (χ1) is 14.2. The van der Waals surface area contributed by atoms with Crippen molar-refractivity contribution < 1.29 is 9.53 Å². The second kappa shape index (κ2) is 8.50. The molecular weight excluding hydrogens is 372 g/mol. The van der Waals surface area contributed by atoms with Crippen molar-refractivity contribution in [3.8, 4) is 0 Å². The summed E-state index contributed by atoms with van der Waals surface area (Å²) in [7, 11) is 3.67. The molecule has 4 rings (SSSR count). The molecule has 29 heavy (non-hydrogen) atoms. The number of methoxy groups -OCH3 is 1. The van der Waals surface area contributed by atoms with Gasteiger partial charge in [-0.1, -0.05) is 0 Å². The number of nitrogens with one attached hydrogen (secondary N) is 1. The Kier molecular flexibility index (Phi) is 5.63. The zero-order valence-electron chi connectivity index (χ0n) is 16.5. The highest BCUT2D eigenvalue weighted by Gasteiger charge is 2.30. The summed E-state index contributed by atoms with van der Waals surface area (Å²) in [5, 5.41) is 11.6. The zero-order valence-corrected chi connectivity index (χ0v) is 16.5. The van der Waals surface area contributed by atoms with Crippen LogP contribution < -0.4 is 10.2 Å². The van der Waals surface area contributed by atoms with Gasteiger partial charge in [0.05, 0.1) is 18.2 Å². The van der Waals surface area contributed by atoms with Crippen molar-refractivity contribution in [2.75, 3.05) is 51.8 Å². The van der Waals surface area contributed by atoms with Gasteiger partial charge in [0.1, 0.15) is 0 Å². The lowest BCUT2D eigenvalue weighted by atomic mass is 10.1. The van der Waals surface area contributed by atoms with Gasteiger partial charge in [0.2, 0.25) is 5.95 Å². The van der Waals surface area contributed by atoms with E-state index in [0.717, 1.165) is 18.9 Å². The van der Waals surface area contributed by atoms with Crippen molar-refractivity contribution in [2.24, 2.45) is 0 Å². The van der Waals surface area contributed by atoms with E-state index in [0.29, 0.717) is 36.9 Å². The number of carbonyl (C=O) groups excluding carboxylic acids is 1. The van der Waals surface area contributed by atoms with Crippen LogP contribution in [0.5, 0.6) is 0 Å². The van der Waals surface area contributed by atoms with Crippen LogP contribution in [-0.2, 0) is 4.74 Å². The molecule has 0 aromatic carbocycles. The molecule has 1 saturated heterocycles. The van der Waals surface area contributed by atoms with Crippen molar-refractivity contribution in [3.05, 3.63) is 48.2 Å². The van der Waals surface area contributed by atoms with E-state index < -0.39 is 0 Å². The minimum absolute atomic E-state index is 0.00522. The standard InChI is InChI=1S/C19H24N8O2/c1-25-9-10-26(19-21-6-3-7-22-19)13-15(25)17-24-23-16-5-4-14(12-27(16)17)18(28)20-8-11-29-2/h3-7,12,15H,8-11,13H2,1-2H3,(H,20,28). The van der Waals surface area contributed by atoms with Crippen molar-refractivity contribution >= 4 is 17.5 Å². The van der Waals surface area contributed by atoms with E-state index in [2.05, 4.69) is 42.3 Å². The number of rotatable bonds is 6. The predicted molar refractivity (Wildman–Crippen MR) is 107 cm³/mol. The first kappa shape index (κ1) is 19.2. The lowest BCUT2D eigenvalue weighted by Gasteiger charge is -2.38. The van der Waals surface area contributed by atoms with Gasteiger partial charge in [0.15, 0.2) is 11.5 Å². The number of fused-ring (bicyclic) bond motifs is 1. The molecule has 10 nitrogen and oxygen atoms in total. The van der Waals surface area contributed by atoms with Crippen LogP contribution in [0.4, 0.5) is 5.95 Å². The number of likely N-dealkylation sites (N-methyl/N-ethyl adjacent to an activating group) is 1. The second-order valence-electron chi connectivity index (χ2n) is 6.94. The summed E-state index contributed by atoms with van der Waals surface area (Å²) >= 11 is 0. The van der Waals surface area contributed by atoms with Gasteiger partial charge in [-0.15, -0.1) is 10.2 Å². The van der Waals surface area contributed by atoms with E-state index in [-0.39, 0.29) is 11.9 Å². The minimum atomic E-state index is -0.153. The maximum atomic E-state index is 12.4. The molecule has 1 unspecified atom stereocenters. The van der Waals surface area contributed by atoms with Gasteiger partial charge in [-0.25, -0.2) is 9.97 Å². The highest BCUT2D eigenvalue weighted by Crippen LogP contribution is 2.25. The lowest BCUT2D eigenvalue weighted by molar-refractivity contribution is 0.0936. The van der Waals surface area contributed by atoms with E-state index in [4.69, 9.17) is 4.74 Å². The first-order valence-corrected chi connectivity index (χ1v) is 9.51. The van der Waals surface area contributed by atoms with Gasteiger partial charge < -0.3 is 15.0 Å². The molecule has 1 aliphatic rings. The Balaban J connectivity index is 1.60. The molecular formula is C19H24N8O2. The van der Waals surface area contributed by atoms with Crippen LogP contribution in [0, 0.1) is 0 Å². The molecule has 3 aromatic heterocycles. The molecule has 10 heteroatoms. The molecule has 1 fully saturated rings. The Morgan fingerprint density at radius 1 is 1.24 bits per heavy atom. The van der Waals surface area contributed by atoms with Crippen LogP contribution >= 0.6 is 0 Å². The van der Waals surface area contributed by atoms with Crippen LogP contribution in [0.15, 0.2) is 36.8 Å². The summed E-state index contributed by atoms with van der Waals surface area (Å²) in [5.41, 5.74) is 1.26. The molecule has 1 aliphatic heterocycles. The molecule has 1 amide bonds. The summed E-state index contributed by atoms with van der Waals surface area (Å²) in [4.78, 5) is 25.5. The Morgan fingerprint density at radius 3 is 2.86 bits per heavy atom. The van der Waals surface area contributed by atoms with Gasteiger partial charge in [0, 0.05) is 51.9 Å². The Labute approximate surface area is 168 Å². The smallest absolute Gasteiger partial charge is 0.252 e. The van der Waals surface area contributed by atoms with Gasteiger partial charge in [-0.2, -0.15) is 0 Å². The largest absolute Gasteiger partial charge is 0.383 e. The van der Waals surface area contributed by atoms with E-state index >= 15 is 0 Å². The van der Waals surface area contributed by atoms with Gasteiger partial charge >= 0.3 is 0 Å². The van der Waals surface area contributed by atoms with E-state index in [9.17, 15) is 4.79 Å². The Bertz CT molecular complexity index is 977. The maximum Gasteiger partial charge on any atom is 0.252 e. The minimum Gasteiger partial charge on any atom is -0.383 e. The second-order valence-corrected chi connectivity index (χ2v) is 6.94. The molecule has 152 valence electrons. The predicted octanol–water partition coefficient (Wildman–Crippen LogP) is 0.389. The highest BCUT2D eigenvalue weighted by molar-refractivity contribution is 5.94. The lowest BCUT2D eigenvalue weighted by Crippen LogP contribution is -2.47. The fourth-order valence-corrected chi connectivity index (χ4v) is 3.43. The molecule has 0 spiro atoms. The highest BCUT2D eigenvalue weighted by atomic mass is 16.5. The van der Waals surface area contributed by atoms with Gasteiger partial charge in [0.25, 0.3) is 5.91 Å². The normalized spacial score (nSPS) is 17.6. The number of carbonyl (C=O) groups is 1. The number of amides is 1. The van der Waals surface area contributed by atoms with Gasteiger partial charge in [-0.3, -0.25) is 14.1 Å². The van der Waals surface area contributed by atoms with Crippen LogP contribution in [-0.4, -0.2) is 82.3 Å². The van der Waals surface area contributed by atoms with Crippen molar-refractivity contribution in [1.82, 2.24) is 34.8 Å². The fraction of sp³-hybridized carbons (Fsp3) is 0.421. The van der Waals surface area contributed by atoms with Crippen LogP contribution in [0.2, 0.25) is 0 Å². The number of aromatic nitrogens is 5. The van der Waals surface area contributed by atoms with Crippen LogP contribution in [0.1, 0.15) is 22.2 Å². The third-order valence-corrected chi connectivity index (χ3v) is 5.06. The van der Waals surface area contributed by atoms with Crippen molar-refractivity contribution in [1.29, 1.82) is 0 Å². The number of ether oxygens (including phenoxy) is 1. The molecule has 0 bridgehead atoms. The summed E-state index contributed by atoms with van der Waals surface area (Å²) in [6.45, 7) is 3.29. The fourth-order valence-electron chi connectivity index (χ4n) is 3.43. The number of pyridine rings is 1. The molecule has 1 N–H and O–H groups in total. The monoisotopic (exact) mass is 396 g/mol. The number of piperazine rings is 1.